The highest BCUT2D eigenvalue weighted by atomic mass is 16.6. The van der Waals surface area contributed by atoms with Crippen LogP contribution < -0.4 is 9.47 Å². The van der Waals surface area contributed by atoms with Crippen LogP contribution in [0.15, 0.2) is 65.3 Å². The molecule has 1 fully saturated rings. The van der Waals surface area contributed by atoms with Gasteiger partial charge in [0.05, 0.1) is 19.3 Å². The van der Waals surface area contributed by atoms with Gasteiger partial charge in [-0.05, 0) is 44.9 Å². The summed E-state index contributed by atoms with van der Waals surface area (Å²) in [5, 5.41) is 11.2. The molecule has 2 aromatic heterocycles. The minimum absolute atomic E-state index is 0.192. The first-order chi connectivity index (χ1) is 19.2. The minimum atomic E-state index is -0.648. The van der Waals surface area contributed by atoms with Gasteiger partial charge in [0.2, 0.25) is 11.6 Å². The highest BCUT2D eigenvalue weighted by Crippen LogP contribution is 2.44. The van der Waals surface area contributed by atoms with Crippen molar-refractivity contribution in [2.45, 2.75) is 63.9 Å². The third kappa shape index (κ3) is 6.43. The molecular formula is C31H34N2O7. The Morgan fingerprint density at radius 2 is 1.70 bits per heavy atom. The highest BCUT2D eigenvalue weighted by Gasteiger charge is 2.32. The second kappa shape index (κ2) is 11.7. The van der Waals surface area contributed by atoms with Crippen LogP contribution in [0.3, 0.4) is 0 Å². The Bertz CT molecular complexity index is 1440. The van der Waals surface area contributed by atoms with E-state index in [1.54, 1.807) is 27.9 Å². The molecule has 1 aliphatic carbocycles. The first kappa shape index (κ1) is 27.6. The normalized spacial score (nSPS) is 19.4. The molecule has 2 heterocycles. The van der Waals surface area contributed by atoms with Gasteiger partial charge in [-0.25, -0.2) is 14.8 Å². The standard InChI is InChI=1S/C31H34N2O7/c1-31(2,3)40-25(35)17-37-23-14-21(34)15-24(16-23)38-29-27-26(19-10-12-22(36-4)13-11-19)28(20-8-6-5-7-9-20)39-30(27)33-18-32-29/h5-13,18,21,23-24,34H,14-17H2,1-4H3. The maximum Gasteiger partial charge on any atom is 0.332 e. The number of aliphatic hydroxyl groups excluding tert-OH is 1. The van der Waals surface area contributed by atoms with Gasteiger partial charge >= 0.3 is 5.97 Å². The lowest BCUT2D eigenvalue weighted by molar-refractivity contribution is -0.164. The Hall–Kier alpha value is -3.95. The third-order valence-electron chi connectivity index (χ3n) is 6.60. The molecular weight excluding hydrogens is 512 g/mol. The number of benzene rings is 2. The van der Waals surface area contributed by atoms with Gasteiger partial charge in [-0.3, -0.25) is 0 Å². The first-order valence-electron chi connectivity index (χ1n) is 13.4. The number of hydrogen-bond acceptors (Lipinski definition) is 9. The molecule has 1 aliphatic rings. The summed E-state index contributed by atoms with van der Waals surface area (Å²) < 4.78 is 29.2. The second-order valence-electron chi connectivity index (χ2n) is 10.9. The topological polar surface area (TPSA) is 113 Å². The van der Waals surface area contributed by atoms with Crippen LogP contribution in [0.25, 0.3) is 33.6 Å². The van der Waals surface area contributed by atoms with Gasteiger partial charge in [0.1, 0.15) is 41.5 Å². The van der Waals surface area contributed by atoms with Crippen LogP contribution in [0.2, 0.25) is 0 Å². The van der Waals surface area contributed by atoms with Crippen molar-refractivity contribution in [3.63, 3.8) is 0 Å². The van der Waals surface area contributed by atoms with E-state index < -0.39 is 23.8 Å². The zero-order valence-electron chi connectivity index (χ0n) is 23.1. The second-order valence-corrected chi connectivity index (χ2v) is 10.9. The van der Waals surface area contributed by atoms with Crippen molar-refractivity contribution in [1.29, 1.82) is 0 Å². The summed E-state index contributed by atoms with van der Waals surface area (Å²) in [6, 6.07) is 17.5. The van der Waals surface area contributed by atoms with Crippen molar-refractivity contribution in [1.82, 2.24) is 9.97 Å². The zero-order chi connectivity index (χ0) is 28.3. The maximum atomic E-state index is 12.2. The predicted octanol–water partition coefficient (Wildman–Crippen LogP) is 5.58. The lowest BCUT2D eigenvalue weighted by atomic mass is 9.92. The molecule has 3 unspecified atom stereocenters. The van der Waals surface area contributed by atoms with E-state index >= 15 is 0 Å². The fourth-order valence-electron chi connectivity index (χ4n) is 4.96. The number of furan rings is 1. The van der Waals surface area contributed by atoms with Gasteiger partial charge in [0, 0.05) is 24.0 Å². The molecule has 1 N–H and O–H groups in total. The zero-order valence-corrected chi connectivity index (χ0v) is 23.1. The number of methoxy groups -OCH3 is 1. The van der Waals surface area contributed by atoms with Crippen LogP contribution in [-0.4, -0.2) is 58.7 Å². The van der Waals surface area contributed by atoms with E-state index in [-0.39, 0.29) is 12.7 Å². The molecule has 210 valence electrons. The molecule has 4 aromatic rings. The average Bonchev–Trinajstić information content (AvgIpc) is 3.32. The smallest absolute Gasteiger partial charge is 0.332 e. The lowest BCUT2D eigenvalue weighted by Crippen LogP contribution is -2.39. The Morgan fingerprint density at radius 3 is 2.40 bits per heavy atom. The number of carbonyl (C=O) groups is 1. The van der Waals surface area contributed by atoms with Gasteiger partial charge in [-0.2, -0.15) is 0 Å². The lowest BCUT2D eigenvalue weighted by Gasteiger charge is -2.32. The molecule has 5 rings (SSSR count). The molecule has 40 heavy (non-hydrogen) atoms. The summed E-state index contributed by atoms with van der Waals surface area (Å²) in [5.74, 6) is 1.29. The number of aliphatic hydroxyl groups is 1. The molecule has 0 radical (unpaired) electrons. The van der Waals surface area contributed by atoms with Crippen LogP contribution in [0.4, 0.5) is 0 Å². The van der Waals surface area contributed by atoms with Gasteiger partial charge in [0.25, 0.3) is 0 Å². The monoisotopic (exact) mass is 546 g/mol. The predicted molar refractivity (Wildman–Crippen MR) is 149 cm³/mol. The summed E-state index contributed by atoms with van der Waals surface area (Å²) in [5.41, 5.74) is 2.37. The number of fused-ring (bicyclic) bond motifs is 1. The summed E-state index contributed by atoms with van der Waals surface area (Å²) in [4.78, 5) is 21.0. The molecule has 9 heteroatoms. The Labute approximate surface area is 233 Å². The SMILES string of the molecule is COc1ccc(-c2c(-c3ccccc3)oc3ncnc(OC4CC(O)CC(OCC(=O)OC(C)(C)C)C4)c23)cc1. The van der Waals surface area contributed by atoms with Crippen LogP contribution in [0.5, 0.6) is 11.6 Å². The molecule has 0 saturated heterocycles. The molecule has 3 atom stereocenters. The van der Waals surface area contributed by atoms with Gasteiger partial charge < -0.3 is 28.5 Å². The molecule has 1 saturated carbocycles. The quantitative estimate of drug-likeness (QED) is 0.283. The summed E-state index contributed by atoms with van der Waals surface area (Å²) in [7, 11) is 1.63. The molecule has 0 bridgehead atoms. The fourth-order valence-corrected chi connectivity index (χ4v) is 4.96. The van der Waals surface area contributed by atoms with E-state index in [2.05, 4.69) is 9.97 Å². The first-order valence-corrected chi connectivity index (χ1v) is 13.4. The van der Waals surface area contributed by atoms with E-state index in [1.807, 2.05) is 54.6 Å². The Morgan fingerprint density at radius 1 is 0.975 bits per heavy atom. The van der Waals surface area contributed by atoms with Crippen LogP contribution in [-0.2, 0) is 14.3 Å². The van der Waals surface area contributed by atoms with Crippen LogP contribution >= 0.6 is 0 Å². The molecule has 0 amide bonds. The number of rotatable bonds is 8. The number of nitrogens with zero attached hydrogens (tertiary/aromatic N) is 2. The van der Waals surface area contributed by atoms with Crippen molar-refractivity contribution in [2.75, 3.05) is 13.7 Å². The minimum Gasteiger partial charge on any atom is -0.497 e. The van der Waals surface area contributed by atoms with E-state index in [0.29, 0.717) is 42.0 Å². The average molecular weight is 547 g/mol. The van der Waals surface area contributed by atoms with Crippen molar-refractivity contribution >= 4 is 17.1 Å². The molecule has 9 nitrogen and oxygen atoms in total. The van der Waals surface area contributed by atoms with E-state index in [9.17, 15) is 9.90 Å². The Kier molecular flexibility index (Phi) is 8.04. The maximum absolute atomic E-state index is 12.2. The molecule has 2 aromatic carbocycles. The summed E-state index contributed by atoms with van der Waals surface area (Å²) in [6.07, 6.45) is 1.27. The van der Waals surface area contributed by atoms with E-state index in [1.165, 1.54) is 6.33 Å². The Balaban J connectivity index is 1.45. The summed E-state index contributed by atoms with van der Waals surface area (Å²) in [6.45, 7) is 5.23. The number of esters is 1. The van der Waals surface area contributed by atoms with Crippen molar-refractivity contribution in [2.24, 2.45) is 0 Å². The number of ether oxygens (including phenoxy) is 4. The molecule has 0 aliphatic heterocycles. The van der Waals surface area contributed by atoms with Gasteiger partial charge in [-0.1, -0.05) is 42.5 Å². The molecule has 0 spiro atoms. The highest BCUT2D eigenvalue weighted by molar-refractivity contribution is 6.03. The number of aromatic nitrogens is 2. The van der Waals surface area contributed by atoms with E-state index in [4.69, 9.17) is 23.4 Å². The number of carbonyl (C=O) groups excluding carboxylic acids is 1. The third-order valence-corrected chi connectivity index (χ3v) is 6.60. The van der Waals surface area contributed by atoms with Crippen molar-refractivity contribution in [3.8, 4) is 34.1 Å². The van der Waals surface area contributed by atoms with Crippen molar-refractivity contribution in [3.05, 3.63) is 60.9 Å². The van der Waals surface area contributed by atoms with Gasteiger partial charge in [0.15, 0.2) is 0 Å². The largest absolute Gasteiger partial charge is 0.497 e. The summed E-state index contributed by atoms with van der Waals surface area (Å²) >= 11 is 0. The fraction of sp³-hybridized carbons (Fsp3) is 0.387. The van der Waals surface area contributed by atoms with Crippen LogP contribution in [0, 0.1) is 0 Å². The van der Waals surface area contributed by atoms with Crippen molar-refractivity contribution < 1.29 is 33.3 Å². The van der Waals surface area contributed by atoms with E-state index in [0.717, 1.165) is 22.4 Å². The number of hydrogen-bond donors (Lipinski definition) is 1. The van der Waals surface area contributed by atoms with Gasteiger partial charge in [-0.15, -0.1) is 0 Å². The van der Waals surface area contributed by atoms with Crippen LogP contribution in [0.1, 0.15) is 40.0 Å².